The van der Waals surface area contributed by atoms with Crippen LogP contribution in [-0.4, -0.2) is 7.11 Å². The van der Waals surface area contributed by atoms with Crippen LogP contribution in [0.1, 0.15) is 17.3 Å². The Kier molecular flexibility index (Phi) is 4.42. The molecule has 0 radical (unpaired) electrons. The third kappa shape index (κ3) is 2.94. The number of ether oxygens (including phenoxy) is 1. The van der Waals surface area contributed by atoms with Crippen molar-refractivity contribution in [2.45, 2.75) is 12.6 Å². The van der Waals surface area contributed by atoms with Gasteiger partial charge in [0.1, 0.15) is 6.17 Å². The van der Waals surface area contributed by atoms with Crippen molar-refractivity contribution in [3.63, 3.8) is 0 Å². The van der Waals surface area contributed by atoms with Crippen LogP contribution in [0.4, 0.5) is 17.6 Å². The average Bonchev–Trinajstić information content (AvgIpc) is 2.59. The molecule has 0 aliphatic carbocycles. The summed E-state index contributed by atoms with van der Waals surface area (Å²) in [6.07, 6.45) is -2.06. The first-order chi connectivity index (χ1) is 11.5. The molecule has 1 nitrogen and oxygen atoms in total. The Bertz CT molecular complexity index is 892. The van der Waals surface area contributed by atoms with Gasteiger partial charge in [-0.1, -0.05) is 36.4 Å². The molecule has 0 heterocycles. The summed E-state index contributed by atoms with van der Waals surface area (Å²) in [5, 5.41) is 1.78. The summed E-state index contributed by atoms with van der Waals surface area (Å²) >= 11 is 0. The molecule has 0 aliphatic heterocycles. The zero-order valence-electron chi connectivity index (χ0n) is 12.8. The first-order valence-corrected chi connectivity index (χ1v) is 7.34. The van der Waals surface area contributed by atoms with E-state index in [4.69, 9.17) is 0 Å². The molecule has 24 heavy (non-hydrogen) atoms. The molecule has 0 saturated carbocycles. The molecular weight excluding hydrogens is 320 g/mol. The van der Waals surface area contributed by atoms with E-state index < -0.39 is 35.8 Å². The predicted octanol–water partition coefficient (Wildman–Crippen LogP) is 5.52. The number of hydrogen-bond donors (Lipinski definition) is 0. The van der Waals surface area contributed by atoms with Gasteiger partial charge in [-0.2, -0.15) is 4.39 Å². The Balaban J connectivity index is 1.92. The SMILES string of the molecule is COc1c(F)cc(CC(F)c2ccc3ccccc3c2)c(F)c1F. The van der Waals surface area contributed by atoms with E-state index in [1.165, 1.54) is 0 Å². The molecule has 0 aromatic heterocycles. The first-order valence-electron chi connectivity index (χ1n) is 7.34. The third-order valence-corrected chi connectivity index (χ3v) is 3.93. The van der Waals surface area contributed by atoms with Gasteiger partial charge in [0.05, 0.1) is 7.11 Å². The minimum Gasteiger partial charge on any atom is -0.491 e. The fraction of sp³-hybridized carbons (Fsp3) is 0.158. The lowest BCUT2D eigenvalue weighted by atomic mass is 9.99. The molecule has 0 amide bonds. The fourth-order valence-corrected chi connectivity index (χ4v) is 2.68. The molecule has 124 valence electrons. The van der Waals surface area contributed by atoms with Crippen molar-refractivity contribution in [1.82, 2.24) is 0 Å². The van der Waals surface area contributed by atoms with Crippen LogP contribution in [0.15, 0.2) is 48.5 Å². The molecule has 3 aromatic carbocycles. The number of hydrogen-bond acceptors (Lipinski definition) is 1. The summed E-state index contributed by atoms with van der Waals surface area (Å²) in [5.74, 6) is -4.61. The molecule has 0 spiro atoms. The van der Waals surface area contributed by atoms with E-state index in [1.807, 2.05) is 24.3 Å². The van der Waals surface area contributed by atoms with Gasteiger partial charge in [-0.25, -0.2) is 13.2 Å². The number of halogens is 4. The molecule has 5 heteroatoms. The van der Waals surface area contributed by atoms with Gasteiger partial charge in [0.25, 0.3) is 0 Å². The zero-order chi connectivity index (χ0) is 17.3. The molecule has 1 unspecified atom stereocenters. The molecule has 3 aromatic rings. The van der Waals surface area contributed by atoms with Crippen LogP contribution in [0.5, 0.6) is 5.75 Å². The van der Waals surface area contributed by atoms with Crippen LogP contribution >= 0.6 is 0 Å². The van der Waals surface area contributed by atoms with Crippen molar-refractivity contribution in [2.24, 2.45) is 0 Å². The van der Waals surface area contributed by atoms with E-state index in [0.717, 1.165) is 23.9 Å². The number of alkyl halides is 1. The lowest BCUT2D eigenvalue weighted by Gasteiger charge is -2.13. The van der Waals surface area contributed by atoms with E-state index in [0.29, 0.717) is 5.56 Å². The summed E-state index contributed by atoms with van der Waals surface area (Å²) in [6, 6.07) is 13.2. The van der Waals surface area contributed by atoms with Crippen molar-refractivity contribution >= 4 is 10.8 Å². The Morgan fingerprint density at radius 2 is 1.62 bits per heavy atom. The minimum atomic E-state index is -1.59. The Labute approximate surface area is 136 Å². The highest BCUT2D eigenvalue weighted by Crippen LogP contribution is 2.31. The summed E-state index contributed by atoms with van der Waals surface area (Å²) in [5.41, 5.74) is -0.0452. The number of methoxy groups -OCH3 is 1. The second kappa shape index (κ2) is 6.51. The van der Waals surface area contributed by atoms with E-state index in [9.17, 15) is 17.6 Å². The third-order valence-electron chi connectivity index (χ3n) is 3.93. The van der Waals surface area contributed by atoms with Gasteiger partial charge in [-0.15, -0.1) is 0 Å². The van der Waals surface area contributed by atoms with Crippen LogP contribution in [0.3, 0.4) is 0 Å². The smallest absolute Gasteiger partial charge is 0.203 e. The lowest BCUT2D eigenvalue weighted by Crippen LogP contribution is -2.05. The fourth-order valence-electron chi connectivity index (χ4n) is 2.68. The standard InChI is InChI=1S/C19H14F4O/c1-24-19-16(21)10-14(17(22)18(19)23)9-15(20)13-7-6-11-4-2-3-5-12(11)8-13/h2-8,10,15H,9H2,1H3. The Hall–Kier alpha value is -2.56. The van der Waals surface area contributed by atoms with Gasteiger partial charge in [0.15, 0.2) is 17.4 Å². The van der Waals surface area contributed by atoms with Crippen molar-refractivity contribution in [3.8, 4) is 5.75 Å². The monoisotopic (exact) mass is 334 g/mol. The predicted molar refractivity (Wildman–Crippen MR) is 84.4 cm³/mol. The van der Waals surface area contributed by atoms with E-state index in [2.05, 4.69) is 4.74 Å². The van der Waals surface area contributed by atoms with Gasteiger partial charge in [-0.3, -0.25) is 0 Å². The minimum absolute atomic E-state index is 0.324. The van der Waals surface area contributed by atoms with Gasteiger partial charge in [0.2, 0.25) is 5.82 Å². The van der Waals surface area contributed by atoms with Crippen molar-refractivity contribution in [3.05, 3.63) is 77.1 Å². The molecule has 0 aliphatic rings. The van der Waals surface area contributed by atoms with E-state index in [1.54, 1.807) is 18.2 Å². The highest BCUT2D eigenvalue weighted by atomic mass is 19.2. The van der Waals surface area contributed by atoms with Gasteiger partial charge < -0.3 is 4.74 Å². The quantitative estimate of drug-likeness (QED) is 0.451. The van der Waals surface area contributed by atoms with Crippen molar-refractivity contribution in [2.75, 3.05) is 7.11 Å². The maximum atomic E-state index is 14.5. The second-order valence-electron chi connectivity index (χ2n) is 5.46. The highest BCUT2D eigenvalue weighted by molar-refractivity contribution is 5.83. The topological polar surface area (TPSA) is 9.23 Å². The summed E-state index contributed by atoms with van der Waals surface area (Å²) in [4.78, 5) is 0. The van der Waals surface area contributed by atoms with Crippen LogP contribution in [0.2, 0.25) is 0 Å². The Morgan fingerprint density at radius 1 is 0.917 bits per heavy atom. The summed E-state index contributed by atoms with van der Waals surface area (Å²) < 4.78 is 60.4. The first kappa shape index (κ1) is 16.3. The highest BCUT2D eigenvalue weighted by Gasteiger charge is 2.22. The Morgan fingerprint density at radius 3 is 2.33 bits per heavy atom. The maximum Gasteiger partial charge on any atom is 0.203 e. The molecule has 0 N–H and O–H groups in total. The van der Waals surface area contributed by atoms with Gasteiger partial charge >= 0.3 is 0 Å². The molecule has 0 saturated heterocycles. The molecule has 0 fully saturated rings. The molecule has 0 bridgehead atoms. The van der Waals surface area contributed by atoms with Crippen molar-refractivity contribution in [1.29, 1.82) is 0 Å². The number of rotatable bonds is 4. The van der Waals surface area contributed by atoms with Crippen LogP contribution in [0.25, 0.3) is 10.8 Å². The van der Waals surface area contributed by atoms with Crippen LogP contribution < -0.4 is 4.74 Å². The molecular formula is C19H14F4O. The van der Waals surface area contributed by atoms with Crippen molar-refractivity contribution < 1.29 is 22.3 Å². The van der Waals surface area contributed by atoms with E-state index in [-0.39, 0.29) is 5.56 Å². The van der Waals surface area contributed by atoms with E-state index >= 15 is 0 Å². The number of benzene rings is 3. The summed E-state index contributed by atoms with van der Waals surface area (Å²) in [6.45, 7) is 0. The second-order valence-corrected chi connectivity index (χ2v) is 5.46. The average molecular weight is 334 g/mol. The largest absolute Gasteiger partial charge is 0.491 e. The lowest BCUT2D eigenvalue weighted by molar-refractivity contribution is 0.325. The van der Waals surface area contributed by atoms with Crippen LogP contribution in [0, 0.1) is 17.5 Å². The zero-order valence-corrected chi connectivity index (χ0v) is 12.8. The molecule has 1 atom stereocenters. The molecule has 3 rings (SSSR count). The van der Waals surface area contributed by atoms with Gasteiger partial charge in [-0.05, 0) is 34.0 Å². The summed E-state index contributed by atoms with van der Waals surface area (Å²) in [7, 11) is 1.04. The normalized spacial score (nSPS) is 12.4. The maximum absolute atomic E-state index is 14.5. The van der Waals surface area contributed by atoms with Gasteiger partial charge in [0, 0.05) is 6.42 Å². The number of fused-ring (bicyclic) bond motifs is 1. The van der Waals surface area contributed by atoms with Crippen LogP contribution in [-0.2, 0) is 6.42 Å².